The molecule has 1 saturated carbocycles. The normalized spacial score (nSPS) is 15.5. The van der Waals surface area contributed by atoms with Crippen LogP contribution >= 0.6 is 11.6 Å². The van der Waals surface area contributed by atoms with Crippen LogP contribution in [0.4, 0.5) is 4.39 Å². The number of nitrogens with zero attached hydrogens (tertiary/aromatic N) is 2. The summed E-state index contributed by atoms with van der Waals surface area (Å²) in [6.45, 7) is 0. The van der Waals surface area contributed by atoms with Crippen molar-refractivity contribution in [2.45, 2.75) is 31.6 Å². The topological polar surface area (TPSA) is 55.1 Å². The molecule has 0 aliphatic heterocycles. The van der Waals surface area contributed by atoms with E-state index in [0.717, 1.165) is 25.7 Å². The molecule has 0 radical (unpaired) electrons. The van der Waals surface area contributed by atoms with Crippen molar-refractivity contribution in [3.8, 4) is 5.69 Å². The van der Waals surface area contributed by atoms with Gasteiger partial charge in [0, 0.05) is 5.92 Å². The first-order chi connectivity index (χ1) is 10.1. The summed E-state index contributed by atoms with van der Waals surface area (Å²) in [7, 11) is 0. The summed E-state index contributed by atoms with van der Waals surface area (Å²) in [5, 5.41) is 13.9. The van der Waals surface area contributed by atoms with Crippen molar-refractivity contribution in [2.75, 3.05) is 0 Å². The zero-order valence-corrected chi connectivity index (χ0v) is 12.0. The van der Waals surface area contributed by atoms with E-state index in [2.05, 4.69) is 5.10 Å². The fourth-order valence-electron chi connectivity index (χ4n) is 2.85. The van der Waals surface area contributed by atoms with Gasteiger partial charge < -0.3 is 5.11 Å². The fourth-order valence-corrected chi connectivity index (χ4v) is 3.16. The predicted molar refractivity (Wildman–Crippen MR) is 76.7 cm³/mol. The molecule has 3 rings (SSSR count). The number of rotatable bonds is 3. The average Bonchev–Trinajstić information content (AvgIpc) is 3.07. The van der Waals surface area contributed by atoms with Gasteiger partial charge in [-0.05, 0) is 37.1 Å². The first-order valence-corrected chi connectivity index (χ1v) is 7.23. The highest BCUT2D eigenvalue weighted by Gasteiger charge is 2.30. The number of aromatic nitrogens is 2. The second-order valence-corrected chi connectivity index (χ2v) is 5.58. The Bertz CT molecular complexity index is 676. The van der Waals surface area contributed by atoms with Gasteiger partial charge in [-0.2, -0.15) is 5.10 Å². The minimum Gasteiger partial charge on any atom is -0.478 e. The van der Waals surface area contributed by atoms with E-state index in [0.29, 0.717) is 11.4 Å². The molecule has 0 atom stereocenters. The molecule has 6 heteroatoms. The Hall–Kier alpha value is -1.88. The predicted octanol–water partition coefficient (Wildman–Crippen LogP) is 4.02. The molecule has 1 N–H and O–H groups in total. The number of carbonyl (C=O) groups is 1. The third kappa shape index (κ3) is 2.53. The molecule has 1 aromatic carbocycles. The largest absolute Gasteiger partial charge is 0.478 e. The van der Waals surface area contributed by atoms with Gasteiger partial charge >= 0.3 is 5.97 Å². The molecular formula is C15H14ClFN2O2. The van der Waals surface area contributed by atoms with E-state index < -0.39 is 5.97 Å². The lowest BCUT2D eigenvalue weighted by molar-refractivity contribution is 0.0695. The van der Waals surface area contributed by atoms with E-state index in [1.807, 2.05) is 0 Å². The summed E-state index contributed by atoms with van der Waals surface area (Å²) >= 11 is 6.20. The van der Waals surface area contributed by atoms with Gasteiger partial charge in [0.05, 0.1) is 11.4 Å². The second kappa shape index (κ2) is 5.48. The van der Waals surface area contributed by atoms with Crippen LogP contribution in [-0.4, -0.2) is 20.9 Å². The van der Waals surface area contributed by atoms with E-state index in [9.17, 15) is 14.3 Å². The van der Waals surface area contributed by atoms with Crippen LogP contribution < -0.4 is 0 Å². The Kier molecular flexibility index (Phi) is 3.68. The standard InChI is InChI=1S/C15H14ClFN2O2/c16-14-12(15(20)21)13(9-3-1-2-4-9)18-19(14)11-7-5-10(17)6-8-11/h5-9H,1-4H2,(H,20,21). The van der Waals surface area contributed by atoms with Gasteiger partial charge in [-0.3, -0.25) is 0 Å². The van der Waals surface area contributed by atoms with E-state index in [1.54, 1.807) is 0 Å². The molecule has 1 fully saturated rings. The average molecular weight is 309 g/mol. The summed E-state index contributed by atoms with van der Waals surface area (Å²) < 4.78 is 14.4. The van der Waals surface area contributed by atoms with Crippen molar-refractivity contribution in [2.24, 2.45) is 0 Å². The van der Waals surface area contributed by atoms with Gasteiger partial charge in [0.25, 0.3) is 0 Å². The molecule has 0 bridgehead atoms. The molecule has 1 aliphatic rings. The summed E-state index contributed by atoms with van der Waals surface area (Å²) in [5.41, 5.74) is 1.15. The van der Waals surface area contributed by atoms with E-state index in [-0.39, 0.29) is 22.5 Å². The van der Waals surface area contributed by atoms with Crippen LogP contribution in [0.1, 0.15) is 47.7 Å². The van der Waals surface area contributed by atoms with Crippen LogP contribution in [0.15, 0.2) is 24.3 Å². The highest BCUT2D eigenvalue weighted by Crippen LogP contribution is 2.38. The third-order valence-corrected chi connectivity index (χ3v) is 4.23. The van der Waals surface area contributed by atoms with Crippen LogP contribution in [0.25, 0.3) is 5.69 Å². The molecule has 0 spiro atoms. The lowest BCUT2D eigenvalue weighted by Crippen LogP contribution is -2.04. The lowest BCUT2D eigenvalue weighted by Gasteiger charge is -2.05. The molecule has 21 heavy (non-hydrogen) atoms. The summed E-state index contributed by atoms with van der Waals surface area (Å²) in [6.07, 6.45) is 4.00. The van der Waals surface area contributed by atoms with Gasteiger partial charge in [0.2, 0.25) is 0 Å². The first-order valence-electron chi connectivity index (χ1n) is 6.85. The molecule has 0 unspecified atom stereocenters. The second-order valence-electron chi connectivity index (χ2n) is 5.23. The summed E-state index contributed by atoms with van der Waals surface area (Å²) in [4.78, 5) is 11.5. The maximum absolute atomic E-state index is 13.0. The van der Waals surface area contributed by atoms with Gasteiger partial charge in [-0.15, -0.1) is 0 Å². The van der Waals surface area contributed by atoms with Crippen LogP contribution in [0.5, 0.6) is 0 Å². The monoisotopic (exact) mass is 308 g/mol. The van der Waals surface area contributed by atoms with E-state index >= 15 is 0 Å². The molecule has 110 valence electrons. The number of hydrogen-bond donors (Lipinski definition) is 1. The lowest BCUT2D eigenvalue weighted by atomic mass is 10.0. The molecule has 1 aliphatic carbocycles. The van der Waals surface area contributed by atoms with E-state index in [4.69, 9.17) is 11.6 Å². The van der Waals surface area contributed by atoms with Crippen molar-refractivity contribution in [1.29, 1.82) is 0 Å². The Labute approximate surface area is 126 Å². The zero-order chi connectivity index (χ0) is 15.0. The Morgan fingerprint density at radius 3 is 2.48 bits per heavy atom. The maximum atomic E-state index is 13.0. The van der Waals surface area contributed by atoms with Crippen molar-refractivity contribution in [1.82, 2.24) is 9.78 Å². The molecular weight excluding hydrogens is 295 g/mol. The zero-order valence-electron chi connectivity index (χ0n) is 11.2. The molecule has 4 nitrogen and oxygen atoms in total. The van der Waals surface area contributed by atoms with Crippen LogP contribution in [0.3, 0.4) is 0 Å². The van der Waals surface area contributed by atoms with Crippen LogP contribution in [0.2, 0.25) is 5.15 Å². The third-order valence-electron chi connectivity index (χ3n) is 3.88. The molecule has 0 amide bonds. The fraction of sp³-hybridized carbons (Fsp3) is 0.333. The van der Waals surface area contributed by atoms with Crippen molar-refractivity contribution in [3.63, 3.8) is 0 Å². The number of carboxylic acids is 1. The number of benzene rings is 1. The molecule has 2 aromatic rings. The van der Waals surface area contributed by atoms with Crippen LogP contribution in [0, 0.1) is 5.82 Å². The molecule has 1 heterocycles. The minimum atomic E-state index is -1.07. The van der Waals surface area contributed by atoms with Gasteiger partial charge in [0.1, 0.15) is 16.5 Å². The SMILES string of the molecule is O=C(O)c1c(C2CCCC2)nn(-c2ccc(F)cc2)c1Cl. The first kappa shape index (κ1) is 14.1. The van der Waals surface area contributed by atoms with E-state index in [1.165, 1.54) is 28.9 Å². The highest BCUT2D eigenvalue weighted by molar-refractivity contribution is 6.33. The smallest absolute Gasteiger partial charge is 0.340 e. The Balaban J connectivity index is 2.11. The number of carboxylic acid groups (broad SMARTS) is 1. The Morgan fingerprint density at radius 2 is 1.90 bits per heavy atom. The van der Waals surface area contributed by atoms with Crippen LogP contribution in [-0.2, 0) is 0 Å². The number of halogens is 2. The van der Waals surface area contributed by atoms with Gasteiger partial charge in [0.15, 0.2) is 0 Å². The maximum Gasteiger partial charge on any atom is 0.340 e. The molecule has 1 aromatic heterocycles. The number of aromatic carboxylic acids is 1. The van der Waals surface area contributed by atoms with Crippen molar-refractivity contribution in [3.05, 3.63) is 46.5 Å². The quantitative estimate of drug-likeness (QED) is 0.931. The number of hydrogen-bond acceptors (Lipinski definition) is 2. The minimum absolute atomic E-state index is 0.0629. The van der Waals surface area contributed by atoms with Crippen molar-refractivity contribution >= 4 is 17.6 Å². The summed E-state index contributed by atoms with van der Waals surface area (Å²) in [6, 6.07) is 5.64. The summed E-state index contributed by atoms with van der Waals surface area (Å²) in [5.74, 6) is -1.30. The Morgan fingerprint density at radius 1 is 1.29 bits per heavy atom. The van der Waals surface area contributed by atoms with Gasteiger partial charge in [-0.25, -0.2) is 13.9 Å². The molecule has 0 saturated heterocycles. The van der Waals surface area contributed by atoms with Gasteiger partial charge in [-0.1, -0.05) is 24.4 Å². The van der Waals surface area contributed by atoms with Crippen molar-refractivity contribution < 1.29 is 14.3 Å². The highest BCUT2D eigenvalue weighted by atomic mass is 35.5.